The number of carbonyl (C=O) groups is 1. The standard InChI is InChI=1S/C19H13BrN4O2/c20-14-5-6-17(25)13(9-14)10-21-23-19(26)16-11-24-8-7-12-3-1-2-4-15(12)18(24)22-16/h1-11,25H,(H,23,26)/b21-10+. The molecule has 0 fully saturated rings. The first-order valence-corrected chi connectivity index (χ1v) is 8.59. The number of aromatic hydroxyl groups is 1. The molecule has 0 unspecified atom stereocenters. The molecule has 0 aliphatic carbocycles. The van der Waals surface area contributed by atoms with Crippen LogP contribution in [0.1, 0.15) is 16.1 Å². The molecule has 0 saturated heterocycles. The van der Waals surface area contributed by atoms with E-state index in [1.54, 1.807) is 28.8 Å². The number of nitrogens with one attached hydrogen (secondary N) is 1. The molecule has 128 valence electrons. The van der Waals surface area contributed by atoms with Crippen molar-refractivity contribution in [1.29, 1.82) is 0 Å². The Labute approximate surface area is 156 Å². The Morgan fingerprint density at radius 1 is 1.23 bits per heavy atom. The third kappa shape index (κ3) is 3.04. The Morgan fingerprint density at radius 3 is 2.96 bits per heavy atom. The predicted molar refractivity (Wildman–Crippen MR) is 104 cm³/mol. The first-order valence-electron chi connectivity index (χ1n) is 7.80. The van der Waals surface area contributed by atoms with Crippen LogP contribution in [0, 0.1) is 0 Å². The molecule has 4 rings (SSSR count). The molecule has 6 nitrogen and oxygen atoms in total. The summed E-state index contributed by atoms with van der Waals surface area (Å²) in [5, 5.41) is 15.7. The second-order valence-corrected chi connectivity index (χ2v) is 6.58. The molecule has 0 aliphatic heterocycles. The topological polar surface area (TPSA) is 79.0 Å². The average molecular weight is 409 g/mol. The van der Waals surface area contributed by atoms with E-state index < -0.39 is 5.91 Å². The summed E-state index contributed by atoms with van der Waals surface area (Å²) in [6.07, 6.45) is 4.90. The van der Waals surface area contributed by atoms with Gasteiger partial charge in [-0.1, -0.05) is 40.2 Å². The summed E-state index contributed by atoms with van der Waals surface area (Å²) in [4.78, 5) is 16.7. The van der Waals surface area contributed by atoms with E-state index in [1.165, 1.54) is 6.21 Å². The Bertz CT molecular complexity index is 1170. The third-order valence-electron chi connectivity index (χ3n) is 3.94. The maximum Gasteiger partial charge on any atom is 0.291 e. The molecule has 2 heterocycles. The van der Waals surface area contributed by atoms with Crippen LogP contribution in [0.2, 0.25) is 0 Å². The molecule has 0 spiro atoms. The number of hydrazone groups is 1. The van der Waals surface area contributed by atoms with Crippen molar-refractivity contribution in [1.82, 2.24) is 14.8 Å². The highest BCUT2D eigenvalue weighted by Crippen LogP contribution is 2.20. The van der Waals surface area contributed by atoms with E-state index in [9.17, 15) is 9.90 Å². The maximum atomic E-state index is 12.3. The molecule has 2 aromatic carbocycles. The van der Waals surface area contributed by atoms with Crippen LogP contribution >= 0.6 is 15.9 Å². The summed E-state index contributed by atoms with van der Waals surface area (Å²) in [6, 6.07) is 14.8. The van der Waals surface area contributed by atoms with Gasteiger partial charge in [0.1, 0.15) is 17.1 Å². The summed E-state index contributed by atoms with van der Waals surface area (Å²) < 4.78 is 2.61. The molecule has 0 saturated carbocycles. The average Bonchev–Trinajstić information content (AvgIpc) is 3.09. The number of pyridine rings is 1. The van der Waals surface area contributed by atoms with Gasteiger partial charge in [-0.05, 0) is 29.7 Å². The summed E-state index contributed by atoms with van der Waals surface area (Å²) in [7, 11) is 0. The number of rotatable bonds is 3. The van der Waals surface area contributed by atoms with Crippen molar-refractivity contribution < 1.29 is 9.90 Å². The first kappa shape index (κ1) is 16.3. The van der Waals surface area contributed by atoms with Crippen LogP contribution in [0.25, 0.3) is 16.4 Å². The Balaban J connectivity index is 1.59. The number of benzene rings is 2. The lowest BCUT2D eigenvalue weighted by Gasteiger charge is -1.99. The van der Waals surface area contributed by atoms with Crippen LogP contribution in [-0.2, 0) is 0 Å². The van der Waals surface area contributed by atoms with Crippen molar-refractivity contribution >= 4 is 44.5 Å². The molecule has 26 heavy (non-hydrogen) atoms. The molecule has 7 heteroatoms. The molecule has 0 radical (unpaired) electrons. The fraction of sp³-hybridized carbons (Fsp3) is 0. The summed E-state index contributed by atoms with van der Waals surface area (Å²) in [5.74, 6) is -0.353. The van der Waals surface area contributed by atoms with Gasteiger partial charge in [-0.25, -0.2) is 10.4 Å². The van der Waals surface area contributed by atoms with E-state index in [4.69, 9.17) is 0 Å². The van der Waals surface area contributed by atoms with Crippen LogP contribution in [-0.4, -0.2) is 26.6 Å². The van der Waals surface area contributed by atoms with Gasteiger partial charge < -0.3 is 9.51 Å². The van der Waals surface area contributed by atoms with Crippen LogP contribution in [0.4, 0.5) is 0 Å². The van der Waals surface area contributed by atoms with Gasteiger partial charge in [0.15, 0.2) is 0 Å². The number of amides is 1. The zero-order valence-electron chi connectivity index (χ0n) is 13.4. The molecular formula is C19H13BrN4O2. The highest BCUT2D eigenvalue weighted by atomic mass is 79.9. The molecule has 1 amide bonds. The zero-order chi connectivity index (χ0) is 18.1. The van der Waals surface area contributed by atoms with Gasteiger partial charge in [0.05, 0.1) is 6.21 Å². The number of fused-ring (bicyclic) bond motifs is 3. The van der Waals surface area contributed by atoms with E-state index in [2.05, 4.69) is 31.4 Å². The van der Waals surface area contributed by atoms with E-state index >= 15 is 0 Å². The Hall–Kier alpha value is -3.19. The molecule has 2 N–H and O–H groups in total. The van der Waals surface area contributed by atoms with Gasteiger partial charge in [0.2, 0.25) is 0 Å². The fourth-order valence-corrected chi connectivity index (χ4v) is 3.05. The number of carbonyl (C=O) groups excluding carboxylic acids is 1. The largest absolute Gasteiger partial charge is 0.507 e. The number of imidazole rings is 1. The second kappa shape index (κ2) is 6.61. The molecule has 2 aromatic heterocycles. The summed E-state index contributed by atoms with van der Waals surface area (Å²) in [6.45, 7) is 0. The van der Waals surface area contributed by atoms with Crippen molar-refractivity contribution in [2.75, 3.05) is 0 Å². The van der Waals surface area contributed by atoms with Crippen LogP contribution in [0.15, 0.2) is 70.5 Å². The Morgan fingerprint density at radius 2 is 2.08 bits per heavy atom. The predicted octanol–water partition coefficient (Wildman–Crippen LogP) is 3.72. The van der Waals surface area contributed by atoms with E-state index in [-0.39, 0.29) is 11.4 Å². The van der Waals surface area contributed by atoms with E-state index in [0.717, 1.165) is 15.2 Å². The monoisotopic (exact) mass is 408 g/mol. The number of halogens is 1. The van der Waals surface area contributed by atoms with Gasteiger partial charge in [-0.2, -0.15) is 5.10 Å². The van der Waals surface area contributed by atoms with Crippen molar-refractivity contribution in [3.63, 3.8) is 0 Å². The van der Waals surface area contributed by atoms with Crippen molar-refractivity contribution in [2.24, 2.45) is 5.10 Å². The van der Waals surface area contributed by atoms with E-state index in [1.807, 2.05) is 36.5 Å². The highest BCUT2D eigenvalue weighted by molar-refractivity contribution is 9.10. The SMILES string of the molecule is O=C(N/N=C/c1cc(Br)ccc1O)c1cn2ccc3ccccc3c2n1. The number of hydrogen-bond donors (Lipinski definition) is 2. The van der Waals surface area contributed by atoms with Gasteiger partial charge in [-0.15, -0.1) is 0 Å². The minimum Gasteiger partial charge on any atom is -0.507 e. The third-order valence-corrected chi connectivity index (χ3v) is 4.43. The molecule has 0 aliphatic rings. The lowest BCUT2D eigenvalue weighted by Crippen LogP contribution is -2.17. The smallest absolute Gasteiger partial charge is 0.291 e. The Kier molecular flexibility index (Phi) is 4.14. The van der Waals surface area contributed by atoms with Gasteiger partial charge in [0, 0.05) is 27.8 Å². The number of phenols is 1. The minimum absolute atomic E-state index is 0.0744. The molecular weight excluding hydrogens is 396 g/mol. The van der Waals surface area contributed by atoms with Gasteiger partial charge in [0.25, 0.3) is 5.91 Å². The van der Waals surface area contributed by atoms with Gasteiger partial charge in [-0.3, -0.25) is 4.79 Å². The van der Waals surface area contributed by atoms with Crippen LogP contribution in [0.3, 0.4) is 0 Å². The second-order valence-electron chi connectivity index (χ2n) is 5.66. The van der Waals surface area contributed by atoms with Crippen LogP contribution < -0.4 is 5.43 Å². The number of nitrogens with zero attached hydrogens (tertiary/aromatic N) is 3. The zero-order valence-corrected chi connectivity index (χ0v) is 15.0. The molecule has 0 bridgehead atoms. The number of aromatic nitrogens is 2. The number of phenolic OH excluding ortho intramolecular Hbond substituents is 1. The summed E-state index contributed by atoms with van der Waals surface area (Å²) in [5.41, 5.74) is 3.89. The first-order chi connectivity index (χ1) is 12.6. The number of hydrogen-bond acceptors (Lipinski definition) is 4. The van der Waals surface area contributed by atoms with Crippen molar-refractivity contribution in [3.8, 4) is 5.75 Å². The van der Waals surface area contributed by atoms with Crippen molar-refractivity contribution in [3.05, 3.63) is 76.7 Å². The van der Waals surface area contributed by atoms with Crippen molar-refractivity contribution in [2.45, 2.75) is 0 Å². The fourth-order valence-electron chi connectivity index (χ4n) is 2.67. The quantitative estimate of drug-likeness (QED) is 0.400. The maximum absolute atomic E-state index is 12.3. The lowest BCUT2D eigenvalue weighted by molar-refractivity contribution is 0.0950. The van der Waals surface area contributed by atoms with Crippen LogP contribution in [0.5, 0.6) is 5.75 Å². The van der Waals surface area contributed by atoms with Gasteiger partial charge >= 0.3 is 0 Å². The molecule has 0 atom stereocenters. The molecule has 4 aromatic rings. The minimum atomic E-state index is -0.427. The van der Waals surface area contributed by atoms with E-state index in [0.29, 0.717) is 11.2 Å². The lowest BCUT2D eigenvalue weighted by atomic mass is 10.2. The highest BCUT2D eigenvalue weighted by Gasteiger charge is 2.11. The normalized spacial score (nSPS) is 11.4. The summed E-state index contributed by atoms with van der Waals surface area (Å²) >= 11 is 3.32.